The molecule has 2 rings (SSSR count). The molecule has 1 heterocycles. The molecule has 1 N–H and O–H groups in total. The number of benzene rings is 1. The zero-order valence-corrected chi connectivity index (χ0v) is 13.2. The summed E-state index contributed by atoms with van der Waals surface area (Å²) in [6.07, 6.45) is 0. The normalized spacial score (nSPS) is 12.5. The van der Waals surface area contributed by atoms with Crippen LogP contribution in [0.1, 0.15) is 28.5 Å². The summed E-state index contributed by atoms with van der Waals surface area (Å²) in [5.41, 5.74) is 3.48. The first-order valence-electron chi connectivity index (χ1n) is 6.14. The van der Waals surface area contributed by atoms with Crippen LogP contribution in [0.15, 0.2) is 33.4 Å². The predicted molar refractivity (Wildman–Crippen MR) is 79.8 cm³/mol. The number of hydrogen-bond acceptors (Lipinski definition) is 3. The highest BCUT2D eigenvalue weighted by molar-refractivity contribution is 9.10. The van der Waals surface area contributed by atoms with E-state index in [1.165, 1.54) is 11.1 Å². The third kappa shape index (κ3) is 2.85. The van der Waals surface area contributed by atoms with E-state index in [-0.39, 0.29) is 6.04 Å². The maximum absolute atomic E-state index is 5.67. The van der Waals surface area contributed by atoms with E-state index in [2.05, 4.69) is 41.2 Å². The number of halogens is 1. The molecule has 1 aromatic carbocycles. The Morgan fingerprint density at radius 1 is 1.26 bits per heavy atom. The maximum Gasteiger partial charge on any atom is 0.169 e. The van der Waals surface area contributed by atoms with E-state index in [0.717, 1.165) is 21.7 Å². The Labute approximate surface area is 122 Å². The third-order valence-electron chi connectivity index (χ3n) is 3.17. The molecule has 1 unspecified atom stereocenters. The smallest absolute Gasteiger partial charge is 0.169 e. The van der Waals surface area contributed by atoms with Gasteiger partial charge in [-0.25, -0.2) is 0 Å². The first kappa shape index (κ1) is 14.2. The van der Waals surface area contributed by atoms with E-state index in [0.29, 0.717) is 0 Å². The average molecular weight is 324 g/mol. The first-order chi connectivity index (χ1) is 9.06. The molecule has 1 atom stereocenters. The van der Waals surface area contributed by atoms with Crippen LogP contribution in [0, 0.1) is 13.8 Å². The number of furan rings is 1. The number of ether oxygens (including phenoxy) is 1. The van der Waals surface area contributed by atoms with Crippen molar-refractivity contribution in [2.24, 2.45) is 0 Å². The lowest BCUT2D eigenvalue weighted by Gasteiger charge is -2.20. The van der Waals surface area contributed by atoms with E-state index in [4.69, 9.17) is 9.15 Å². The van der Waals surface area contributed by atoms with E-state index in [1.807, 2.05) is 25.2 Å². The molecule has 4 heteroatoms. The van der Waals surface area contributed by atoms with Crippen molar-refractivity contribution < 1.29 is 9.15 Å². The summed E-state index contributed by atoms with van der Waals surface area (Å²) in [4.78, 5) is 0. The summed E-state index contributed by atoms with van der Waals surface area (Å²) in [6.45, 7) is 4.16. The lowest BCUT2D eigenvalue weighted by Crippen LogP contribution is -2.19. The van der Waals surface area contributed by atoms with Crippen LogP contribution in [-0.4, -0.2) is 14.2 Å². The Morgan fingerprint density at radius 2 is 2.00 bits per heavy atom. The number of methoxy groups -OCH3 is 1. The van der Waals surface area contributed by atoms with E-state index >= 15 is 0 Å². The third-order valence-corrected chi connectivity index (χ3v) is 3.60. The van der Waals surface area contributed by atoms with Gasteiger partial charge in [0.05, 0.1) is 13.2 Å². The zero-order chi connectivity index (χ0) is 14.0. The van der Waals surface area contributed by atoms with Gasteiger partial charge in [-0.05, 0) is 66.2 Å². The molecule has 0 saturated heterocycles. The first-order valence-corrected chi connectivity index (χ1v) is 6.93. The van der Waals surface area contributed by atoms with Gasteiger partial charge in [0, 0.05) is 5.56 Å². The molecule has 0 aliphatic carbocycles. The molecule has 0 spiro atoms. The van der Waals surface area contributed by atoms with Crippen molar-refractivity contribution in [3.8, 4) is 5.75 Å². The fourth-order valence-electron chi connectivity index (χ4n) is 2.39. The predicted octanol–water partition coefficient (Wildman–Crippen LogP) is 3.98. The maximum atomic E-state index is 5.67. The van der Waals surface area contributed by atoms with Crippen LogP contribution in [0.4, 0.5) is 0 Å². The summed E-state index contributed by atoms with van der Waals surface area (Å²) in [6, 6.07) is 8.03. The summed E-state index contributed by atoms with van der Waals surface area (Å²) in [5.74, 6) is 1.74. The monoisotopic (exact) mass is 323 g/mol. The number of aryl methyl sites for hydroxylation is 2. The number of rotatable bonds is 4. The van der Waals surface area contributed by atoms with Gasteiger partial charge in [0.2, 0.25) is 0 Å². The summed E-state index contributed by atoms with van der Waals surface area (Å²) < 4.78 is 11.9. The van der Waals surface area contributed by atoms with Crippen molar-refractivity contribution in [2.75, 3.05) is 14.2 Å². The van der Waals surface area contributed by atoms with Crippen molar-refractivity contribution in [1.82, 2.24) is 5.32 Å². The molecule has 1 aromatic heterocycles. The molecule has 0 radical (unpaired) electrons. The highest BCUT2D eigenvalue weighted by atomic mass is 79.9. The highest BCUT2D eigenvalue weighted by Gasteiger charge is 2.22. The Bertz CT molecular complexity index is 578. The Balaban J connectivity index is 2.55. The van der Waals surface area contributed by atoms with Gasteiger partial charge in [-0.2, -0.15) is 0 Å². The van der Waals surface area contributed by atoms with Crippen LogP contribution >= 0.6 is 15.9 Å². The Morgan fingerprint density at radius 3 is 2.53 bits per heavy atom. The standard InChI is InChI=1S/C15H18BrNO2/c1-9-7-10(2)14(12(8-9)18-4)15(17-3)11-5-6-13(16)19-11/h5-8,15,17H,1-4H3. The molecular formula is C15H18BrNO2. The minimum Gasteiger partial charge on any atom is -0.496 e. The van der Waals surface area contributed by atoms with Crippen LogP contribution in [0.25, 0.3) is 0 Å². The fourth-order valence-corrected chi connectivity index (χ4v) is 2.71. The molecule has 0 aliphatic heterocycles. The Hall–Kier alpha value is -1.26. The van der Waals surface area contributed by atoms with Crippen molar-refractivity contribution in [1.29, 1.82) is 0 Å². The minimum absolute atomic E-state index is 0.0261. The zero-order valence-electron chi connectivity index (χ0n) is 11.6. The average Bonchev–Trinajstić information content (AvgIpc) is 2.78. The topological polar surface area (TPSA) is 34.4 Å². The number of hydrogen-bond donors (Lipinski definition) is 1. The Kier molecular flexibility index (Phi) is 4.32. The van der Waals surface area contributed by atoms with Crippen LogP contribution in [0.2, 0.25) is 0 Å². The van der Waals surface area contributed by atoms with Crippen LogP contribution in [0.5, 0.6) is 5.75 Å². The quantitative estimate of drug-likeness (QED) is 0.924. The van der Waals surface area contributed by atoms with Gasteiger partial charge in [0.1, 0.15) is 11.5 Å². The van der Waals surface area contributed by atoms with Crippen LogP contribution in [0.3, 0.4) is 0 Å². The SMILES string of the molecule is CNC(c1ccc(Br)o1)c1c(C)cc(C)cc1OC. The molecule has 3 nitrogen and oxygen atoms in total. The van der Waals surface area contributed by atoms with Crippen molar-refractivity contribution in [3.63, 3.8) is 0 Å². The molecule has 0 amide bonds. The second-order valence-electron chi connectivity index (χ2n) is 4.56. The molecular weight excluding hydrogens is 306 g/mol. The second kappa shape index (κ2) is 5.80. The van der Waals surface area contributed by atoms with Crippen molar-refractivity contribution >= 4 is 15.9 Å². The highest BCUT2D eigenvalue weighted by Crippen LogP contribution is 2.35. The van der Waals surface area contributed by atoms with Crippen molar-refractivity contribution in [3.05, 3.63) is 51.4 Å². The van der Waals surface area contributed by atoms with Crippen LogP contribution < -0.4 is 10.1 Å². The fraction of sp³-hybridized carbons (Fsp3) is 0.333. The van der Waals surface area contributed by atoms with Gasteiger partial charge < -0.3 is 14.5 Å². The second-order valence-corrected chi connectivity index (χ2v) is 5.34. The van der Waals surface area contributed by atoms with E-state index in [1.54, 1.807) is 7.11 Å². The van der Waals surface area contributed by atoms with Gasteiger partial charge in [0.15, 0.2) is 4.67 Å². The van der Waals surface area contributed by atoms with E-state index in [9.17, 15) is 0 Å². The van der Waals surface area contributed by atoms with Gasteiger partial charge in [-0.3, -0.25) is 0 Å². The van der Waals surface area contributed by atoms with Gasteiger partial charge in [0.25, 0.3) is 0 Å². The molecule has 0 aliphatic rings. The summed E-state index contributed by atoms with van der Waals surface area (Å²) in [7, 11) is 3.61. The largest absolute Gasteiger partial charge is 0.496 e. The van der Waals surface area contributed by atoms with Gasteiger partial charge >= 0.3 is 0 Å². The lowest BCUT2D eigenvalue weighted by atomic mass is 9.96. The van der Waals surface area contributed by atoms with Gasteiger partial charge in [-0.15, -0.1) is 0 Å². The minimum atomic E-state index is -0.0261. The van der Waals surface area contributed by atoms with Crippen LogP contribution in [-0.2, 0) is 0 Å². The molecule has 0 bridgehead atoms. The molecule has 2 aromatic rings. The summed E-state index contributed by atoms with van der Waals surface area (Å²) in [5, 5.41) is 3.29. The molecule has 0 saturated carbocycles. The molecule has 102 valence electrons. The van der Waals surface area contributed by atoms with Gasteiger partial charge in [-0.1, -0.05) is 6.07 Å². The summed E-state index contributed by atoms with van der Waals surface area (Å²) >= 11 is 3.34. The lowest BCUT2D eigenvalue weighted by molar-refractivity contribution is 0.393. The van der Waals surface area contributed by atoms with Crippen molar-refractivity contribution in [2.45, 2.75) is 19.9 Å². The number of nitrogens with one attached hydrogen (secondary N) is 1. The molecule has 19 heavy (non-hydrogen) atoms. The molecule has 0 fully saturated rings. The van der Waals surface area contributed by atoms with E-state index < -0.39 is 0 Å².